The number of hydrogen-bond acceptors (Lipinski definition) is 2. The van der Waals surface area contributed by atoms with Gasteiger partial charge in [-0.1, -0.05) is 12.8 Å². The van der Waals surface area contributed by atoms with Crippen LogP contribution in [0.5, 0.6) is 0 Å². The monoisotopic (exact) mass is 224 g/mol. The van der Waals surface area contributed by atoms with Crippen molar-refractivity contribution in [3.63, 3.8) is 0 Å². The molecule has 0 aromatic carbocycles. The summed E-state index contributed by atoms with van der Waals surface area (Å²) in [5.41, 5.74) is 6.00. The molecule has 3 heteroatoms. The molecule has 0 saturated heterocycles. The van der Waals surface area contributed by atoms with E-state index in [4.69, 9.17) is 5.73 Å². The van der Waals surface area contributed by atoms with Crippen molar-refractivity contribution in [2.75, 3.05) is 0 Å². The third-order valence-corrected chi connectivity index (χ3v) is 4.20. The molecule has 2 rings (SSSR count). The number of amides is 1. The minimum Gasteiger partial charge on any atom is -0.351 e. The summed E-state index contributed by atoms with van der Waals surface area (Å²) < 4.78 is 0. The molecular formula is C13H24N2O. The van der Waals surface area contributed by atoms with Crippen LogP contribution in [0, 0.1) is 11.8 Å². The molecule has 92 valence electrons. The number of carbonyl (C=O) groups excluding carboxylic acids is 1. The average Bonchev–Trinajstić information content (AvgIpc) is 3.00. The third kappa shape index (κ3) is 2.57. The first-order chi connectivity index (χ1) is 7.50. The highest BCUT2D eigenvalue weighted by molar-refractivity contribution is 5.80. The zero-order valence-corrected chi connectivity index (χ0v) is 10.5. The van der Waals surface area contributed by atoms with Gasteiger partial charge >= 0.3 is 0 Å². The first-order valence-electron chi connectivity index (χ1n) is 6.58. The largest absolute Gasteiger partial charge is 0.351 e. The number of nitrogens with two attached hydrogens (primary N) is 1. The summed E-state index contributed by atoms with van der Waals surface area (Å²) in [5.74, 6) is 0.909. The Labute approximate surface area is 98.2 Å². The van der Waals surface area contributed by atoms with Crippen LogP contribution in [0.4, 0.5) is 0 Å². The lowest BCUT2D eigenvalue weighted by molar-refractivity contribution is -0.128. The number of rotatable bonds is 3. The molecule has 3 nitrogen and oxygen atoms in total. The maximum atomic E-state index is 12.2. The maximum Gasteiger partial charge on any atom is 0.225 e. The van der Waals surface area contributed by atoms with Gasteiger partial charge in [-0.25, -0.2) is 0 Å². The summed E-state index contributed by atoms with van der Waals surface area (Å²) in [5, 5.41) is 3.20. The van der Waals surface area contributed by atoms with Crippen LogP contribution in [-0.2, 0) is 4.79 Å². The molecule has 0 spiro atoms. The molecule has 0 aliphatic heterocycles. The van der Waals surface area contributed by atoms with E-state index in [2.05, 4.69) is 19.2 Å². The van der Waals surface area contributed by atoms with Gasteiger partial charge in [-0.05, 0) is 45.4 Å². The second-order valence-electron chi connectivity index (χ2n) is 6.04. The fourth-order valence-electron chi connectivity index (χ4n) is 2.80. The Balaban J connectivity index is 1.91. The lowest BCUT2D eigenvalue weighted by Crippen LogP contribution is -2.51. The average molecular weight is 224 g/mol. The molecule has 2 atom stereocenters. The van der Waals surface area contributed by atoms with Gasteiger partial charge in [0.2, 0.25) is 5.91 Å². The molecule has 0 aromatic heterocycles. The Hall–Kier alpha value is -0.570. The van der Waals surface area contributed by atoms with Crippen molar-refractivity contribution in [1.29, 1.82) is 0 Å². The first kappa shape index (κ1) is 11.9. The minimum absolute atomic E-state index is 0.0335. The zero-order chi connectivity index (χ0) is 11.8. The minimum atomic E-state index is -0.0335. The Bertz CT molecular complexity index is 271. The standard InChI is InChI=1S/C13H24N2O/c1-13(2,9-7-8-9)15-12(16)10-5-3-4-6-11(10)14/h9-11H,3-8,14H2,1-2H3,(H,15,16). The quantitative estimate of drug-likeness (QED) is 0.768. The van der Waals surface area contributed by atoms with E-state index in [1.54, 1.807) is 0 Å². The van der Waals surface area contributed by atoms with Gasteiger partial charge in [0.15, 0.2) is 0 Å². The second kappa shape index (κ2) is 4.36. The molecule has 0 heterocycles. The van der Waals surface area contributed by atoms with Crippen molar-refractivity contribution in [3.05, 3.63) is 0 Å². The van der Waals surface area contributed by atoms with Gasteiger partial charge < -0.3 is 11.1 Å². The summed E-state index contributed by atoms with van der Waals surface area (Å²) in [6.45, 7) is 4.27. The highest BCUT2D eigenvalue weighted by atomic mass is 16.2. The van der Waals surface area contributed by atoms with E-state index in [1.165, 1.54) is 19.3 Å². The molecule has 3 N–H and O–H groups in total. The Morgan fingerprint density at radius 3 is 2.38 bits per heavy atom. The summed E-state index contributed by atoms with van der Waals surface area (Å²) >= 11 is 0. The van der Waals surface area contributed by atoms with Gasteiger partial charge in [-0.2, -0.15) is 0 Å². The van der Waals surface area contributed by atoms with Crippen molar-refractivity contribution in [2.24, 2.45) is 17.6 Å². The molecule has 2 aliphatic rings. The Morgan fingerprint density at radius 1 is 1.19 bits per heavy atom. The molecular weight excluding hydrogens is 200 g/mol. The molecule has 1 amide bonds. The highest BCUT2D eigenvalue weighted by Gasteiger charge is 2.40. The summed E-state index contributed by atoms with van der Waals surface area (Å²) in [6, 6.07) is 0.0729. The molecule has 2 fully saturated rings. The maximum absolute atomic E-state index is 12.2. The second-order valence-corrected chi connectivity index (χ2v) is 6.04. The molecule has 0 radical (unpaired) electrons. The van der Waals surface area contributed by atoms with Crippen molar-refractivity contribution in [1.82, 2.24) is 5.32 Å². The summed E-state index contributed by atoms with van der Waals surface area (Å²) in [4.78, 5) is 12.2. The van der Waals surface area contributed by atoms with Gasteiger partial charge in [-0.3, -0.25) is 4.79 Å². The van der Waals surface area contributed by atoms with Gasteiger partial charge in [0.1, 0.15) is 0 Å². The lowest BCUT2D eigenvalue weighted by atomic mass is 9.83. The highest BCUT2D eigenvalue weighted by Crippen LogP contribution is 2.39. The smallest absolute Gasteiger partial charge is 0.225 e. The van der Waals surface area contributed by atoms with Crippen LogP contribution in [0.25, 0.3) is 0 Å². The van der Waals surface area contributed by atoms with E-state index in [9.17, 15) is 4.79 Å². The number of carbonyl (C=O) groups is 1. The van der Waals surface area contributed by atoms with Crippen molar-refractivity contribution in [2.45, 2.75) is 64.0 Å². The van der Waals surface area contributed by atoms with Gasteiger partial charge in [0, 0.05) is 11.6 Å². The van der Waals surface area contributed by atoms with E-state index in [0.717, 1.165) is 19.3 Å². The van der Waals surface area contributed by atoms with E-state index in [0.29, 0.717) is 5.92 Å². The predicted octanol–water partition coefficient (Wildman–Crippen LogP) is 1.81. The number of nitrogens with one attached hydrogen (secondary N) is 1. The number of hydrogen-bond donors (Lipinski definition) is 2. The fraction of sp³-hybridized carbons (Fsp3) is 0.923. The van der Waals surface area contributed by atoms with Crippen LogP contribution in [0.15, 0.2) is 0 Å². The summed E-state index contributed by atoms with van der Waals surface area (Å²) in [7, 11) is 0. The molecule has 0 aromatic rings. The van der Waals surface area contributed by atoms with Crippen molar-refractivity contribution < 1.29 is 4.79 Å². The molecule has 16 heavy (non-hydrogen) atoms. The first-order valence-corrected chi connectivity index (χ1v) is 6.58. The van der Waals surface area contributed by atoms with Crippen LogP contribution in [0.2, 0.25) is 0 Å². The van der Waals surface area contributed by atoms with Gasteiger partial charge in [0.25, 0.3) is 0 Å². The SMILES string of the molecule is CC(C)(NC(=O)C1CCCCC1N)C1CC1. The zero-order valence-electron chi connectivity index (χ0n) is 10.5. The Morgan fingerprint density at radius 2 is 1.81 bits per heavy atom. The Kier molecular flexibility index (Phi) is 3.24. The van der Waals surface area contributed by atoms with E-state index < -0.39 is 0 Å². The normalized spacial score (nSPS) is 31.2. The predicted molar refractivity (Wildman–Crippen MR) is 64.9 cm³/mol. The third-order valence-electron chi connectivity index (χ3n) is 4.20. The van der Waals surface area contributed by atoms with Crippen LogP contribution in [0.3, 0.4) is 0 Å². The van der Waals surface area contributed by atoms with Crippen molar-refractivity contribution >= 4 is 5.91 Å². The molecule has 2 aliphatic carbocycles. The van der Waals surface area contributed by atoms with Gasteiger partial charge in [-0.15, -0.1) is 0 Å². The molecule has 0 bridgehead atoms. The van der Waals surface area contributed by atoms with E-state index >= 15 is 0 Å². The van der Waals surface area contributed by atoms with Gasteiger partial charge in [0.05, 0.1) is 5.92 Å². The van der Waals surface area contributed by atoms with E-state index in [1.807, 2.05) is 0 Å². The fourth-order valence-corrected chi connectivity index (χ4v) is 2.80. The van der Waals surface area contributed by atoms with Crippen LogP contribution in [-0.4, -0.2) is 17.5 Å². The van der Waals surface area contributed by atoms with Crippen molar-refractivity contribution in [3.8, 4) is 0 Å². The van der Waals surface area contributed by atoms with Crippen LogP contribution < -0.4 is 11.1 Å². The van der Waals surface area contributed by atoms with E-state index in [-0.39, 0.29) is 23.4 Å². The molecule has 2 saturated carbocycles. The molecule has 2 unspecified atom stereocenters. The topological polar surface area (TPSA) is 55.1 Å². The lowest BCUT2D eigenvalue weighted by Gasteiger charge is -2.33. The van der Waals surface area contributed by atoms with Crippen LogP contribution >= 0.6 is 0 Å². The summed E-state index contributed by atoms with van der Waals surface area (Å²) in [6.07, 6.45) is 6.80. The van der Waals surface area contributed by atoms with Crippen LogP contribution in [0.1, 0.15) is 52.4 Å².